The van der Waals surface area contributed by atoms with Gasteiger partial charge in [0.1, 0.15) is 28.0 Å². The van der Waals surface area contributed by atoms with Crippen LogP contribution in [0.3, 0.4) is 0 Å². The number of benzene rings is 7. The van der Waals surface area contributed by atoms with Crippen LogP contribution in [0.2, 0.25) is 0 Å². The summed E-state index contributed by atoms with van der Waals surface area (Å²) in [5, 5.41) is 5.42. The Hall–Kier alpha value is -6.52. The molecule has 0 saturated heterocycles. The first-order valence-corrected chi connectivity index (χ1v) is 16.1. The number of hydrogen-bond donors (Lipinski definition) is 0. The summed E-state index contributed by atoms with van der Waals surface area (Å²) in [5.74, 6) is 0.611. The Balaban J connectivity index is 1.26. The zero-order chi connectivity index (χ0) is 31.6. The van der Waals surface area contributed by atoms with E-state index in [1.807, 2.05) is 36.4 Å². The molecule has 0 bridgehead atoms. The lowest BCUT2D eigenvalue weighted by molar-refractivity contribution is 0.667. The minimum Gasteiger partial charge on any atom is -0.456 e. The Morgan fingerprint density at radius 3 is 1.98 bits per heavy atom. The van der Waals surface area contributed by atoms with Gasteiger partial charge in [0.25, 0.3) is 0 Å². The van der Waals surface area contributed by atoms with E-state index in [0.717, 1.165) is 77.3 Å². The molecule has 0 N–H and O–H groups in total. The highest BCUT2D eigenvalue weighted by Crippen LogP contribution is 2.42. The van der Waals surface area contributed by atoms with E-state index in [1.54, 1.807) is 0 Å². The molecule has 0 aliphatic heterocycles. The first-order chi connectivity index (χ1) is 23.8. The maximum atomic E-state index is 6.52. The largest absolute Gasteiger partial charge is 0.456 e. The third-order valence-corrected chi connectivity index (χ3v) is 9.26. The fraction of sp³-hybridized carbons (Fsp3) is 0. The molecule has 3 aromatic heterocycles. The number of hydrogen-bond acceptors (Lipinski definition) is 4. The molecule has 10 rings (SSSR count). The summed E-state index contributed by atoms with van der Waals surface area (Å²) in [6.45, 7) is 0. The Labute approximate surface area is 275 Å². The molecule has 0 aliphatic carbocycles. The average molecular weight is 615 g/mol. The van der Waals surface area contributed by atoms with Gasteiger partial charge in [-0.15, -0.1) is 0 Å². The van der Waals surface area contributed by atoms with Gasteiger partial charge in [-0.25, -0.2) is 9.97 Å². The van der Waals surface area contributed by atoms with Crippen molar-refractivity contribution in [2.45, 2.75) is 0 Å². The molecule has 0 amide bonds. The number of fused-ring (bicyclic) bond motifs is 7. The van der Waals surface area contributed by atoms with Crippen LogP contribution < -0.4 is 0 Å². The molecule has 48 heavy (non-hydrogen) atoms. The third kappa shape index (κ3) is 4.24. The minimum absolute atomic E-state index is 0.611. The van der Waals surface area contributed by atoms with Crippen LogP contribution in [0.25, 0.3) is 99.7 Å². The second kappa shape index (κ2) is 10.5. The molecule has 224 valence electrons. The number of rotatable bonds is 4. The van der Waals surface area contributed by atoms with E-state index in [2.05, 4.69) is 121 Å². The second-order valence-corrected chi connectivity index (χ2v) is 12.2. The molecule has 3 heterocycles. The van der Waals surface area contributed by atoms with E-state index in [0.29, 0.717) is 11.4 Å². The van der Waals surface area contributed by atoms with Crippen molar-refractivity contribution in [3.05, 3.63) is 158 Å². The third-order valence-electron chi connectivity index (χ3n) is 9.26. The average Bonchev–Trinajstić information content (AvgIpc) is 3.73. The zero-order valence-corrected chi connectivity index (χ0v) is 25.7. The van der Waals surface area contributed by atoms with Crippen LogP contribution in [0.5, 0.6) is 0 Å². The molecule has 0 unspecified atom stereocenters. The number of furan rings is 2. The summed E-state index contributed by atoms with van der Waals surface area (Å²) in [4.78, 5) is 10.5. The van der Waals surface area contributed by atoms with Gasteiger partial charge < -0.3 is 8.83 Å². The Bertz CT molecular complexity index is 2850. The summed E-state index contributed by atoms with van der Waals surface area (Å²) < 4.78 is 13.0. The molecular weight excluding hydrogens is 588 g/mol. The van der Waals surface area contributed by atoms with Crippen molar-refractivity contribution in [1.82, 2.24) is 9.97 Å². The lowest BCUT2D eigenvalue weighted by Crippen LogP contribution is -1.95. The predicted octanol–water partition coefficient (Wildman–Crippen LogP) is 12.1. The lowest BCUT2D eigenvalue weighted by Gasteiger charge is -2.11. The van der Waals surface area contributed by atoms with Gasteiger partial charge in [-0.05, 0) is 75.5 Å². The van der Waals surface area contributed by atoms with Crippen LogP contribution in [-0.4, -0.2) is 9.97 Å². The van der Waals surface area contributed by atoms with Crippen molar-refractivity contribution in [2.75, 3.05) is 0 Å². The number of para-hydroxylation sites is 2. The molecule has 0 aliphatic rings. The van der Waals surface area contributed by atoms with Crippen molar-refractivity contribution in [3.8, 4) is 44.9 Å². The van der Waals surface area contributed by atoms with Crippen molar-refractivity contribution in [1.29, 1.82) is 0 Å². The molecule has 0 spiro atoms. The first-order valence-electron chi connectivity index (χ1n) is 16.1. The van der Waals surface area contributed by atoms with E-state index in [9.17, 15) is 0 Å². The van der Waals surface area contributed by atoms with Gasteiger partial charge in [0.2, 0.25) is 0 Å². The van der Waals surface area contributed by atoms with Gasteiger partial charge in [0.05, 0.1) is 0 Å². The van der Waals surface area contributed by atoms with Gasteiger partial charge in [0.15, 0.2) is 11.4 Å². The SMILES string of the molecule is c1ccc(-c2cccc(-c3cc(-c4nc(-c5ccc6ccccc6c5)c5oc6ccccc6c5n4)cc4oc5ccccc5c34)c2)cc1. The van der Waals surface area contributed by atoms with E-state index in [4.69, 9.17) is 18.8 Å². The molecule has 0 saturated carbocycles. The first kappa shape index (κ1) is 26.7. The molecule has 4 nitrogen and oxygen atoms in total. The van der Waals surface area contributed by atoms with Crippen LogP contribution in [0.4, 0.5) is 0 Å². The predicted molar refractivity (Wildman–Crippen MR) is 196 cm³/mol. The van der Waals surface area contributed by atoms with Gasteiger partial charge in [-0.2, -0.15) is 0 Å². The van der Waals surface area contributed by atoms with E-state index in [-0.39, 0.29) is 0 Å². The summed E-state index contributed by atoms with van der Waals surface area (Å²) in [7, 11) is 0. The number of nitrogens with zero attached hydrogens (tertiary/aromatic N) is 2. The monoisotopic (exact) mass is 614 g/mol. The van der Waals surface area contributed by atoms with Gasteiger partial charge >= 0.3 is 0 Å². The summed E-state index contributed by atoms with van der Waals surface area (Å²) in [6, 6.07) is 54.5. The standard InChI is InChI=1S/C44H26N2O2/c1-2-11-27(12-3-1)30-15-10-16-31(23-30)36-25-33(26-39-40(36)34-17-6-8-19-37(34)47-39)44-45-41(32-22-21-28-13-4-5-14-29(28)24-32)43-42(46-44)35-18-7-9-20-38(35)48-43/h1-26H. The Morgan fingerprint density at radius 2 is 1.10 bits per heavy atom. The minimum atomic E-state index is 0.611. The topological polar surface area (TPSA) is 52.1 Å². The van der Waals surface area contributed by atoms with E-state index < -0.39 is 0 Å². The smallest absolute Gasteiger partial charge is 0.180 e. The van der Waals surface area contributed by atoms with E-state index in [1.165, 1.54) is 10.9 Å². The quantitative estimate of drug-likeness (QED) is 0.198. The fourth-order valence-electron chi connectivity index (χ4n) is 6.96. The molecule has 0 fully saturated rings. The highest BCUT2D eigenvalue weighted by molar-refractivity contribution is 6.14. The molecule has 0 atom stereocenters. The summed E-state index contributed by atoms with van der Waals surface area (Å²) >= 11 is 0. The van der Waals surface area contributed by atoms with Gasteiger partial charge in [-0.3, -0.25) is 0 Å². The van der Waals surface area contributed by atoms with Crippen molar-refractivity contribution >= 4 is 54.8 Å². The van der Waals surface area contributed by atoms with Gasteiger partial charge in [-0.1, -0.05) is 115 Å². The number of aromatic nitrogens is 2. The lowest BCUT2D eigenvalue weighted by atomic mass is 9.94. The normalized spacial score (nSPS) is 11.8. The van der Waals surface area contributed by atoms with E-state index >= 15 is 0 Å². The van der Waals surface area contributed by atoms with Crippen LogP contribution >= 0.6 is 0 Å². The summed E-state index contributed by atoms with van der Waals surface area (Å²) in [6.07, 6.45) is 0. The molecule has 0 radical (unpaired) electrons. The molecule has 10 aromatic rings. The van der Waals surface area contributed by atoms with Crippen LogP contribution in [0.1, 0.15) is 0 Å². The highest BCUT2D eigenvalue weighted by atomic mass is 16.3. The van der Waals surface area contributed by atoms with Crippen molar-refractivity contribution in [3.63, 3.8) is 0 Å². The molecule has 7 aromatic carbocycles. The highest BCUT2D eigenvalue weighted by Gasteiger charge is 2.21. The maximum absolute atomic E-state index is 6.52. The Morgan fingerprint density at radius 1 is 0.396 bits per heavy atom. The summed E-state index contributed by atoms with van der Waals surface area (Å²) in [5.41, 5.74) is 11.0. The van der Waals surface area contributed by atoms with Crippen molar-refractivity contribution < 1.29 is 8.83 Å². The fourth-order valence-corrected chi connectivity index (χ4v) is 6.96. The van der Waals surface area contributed by atoms with Crippen LogP contribution in [0, 0.1) is 0 Å². The van der Waals surface area contributed by atoms with Crippen molar-refractivity contribution in [2.24, 2.45) is 0 Å². The zero-order valence-electron chi connectivity index (χ0n) is 25.7. The van der Waals surface area contributed by atoms with Gasteiger partial charge in [0, 0.05) is 27.3 Å². The maximum Gasteiger partial charge on any atom is 0.180 e. The van der Waals surface area contributed by atoms with Crippen LogP contribution in [0.15, 0.2) is 167 Å². The Kier molecular flexibility index (Phi) is 5.84. The van der Waals surface area contributed by atoms with Crippen LogP contribution in [-0.2, 0) is 0 Å². The second-order valence-electron chi connectivity index (χ2n) is 12.2. The molecular formula is C44H26N2O2. The molecule has 4 heteroatoms.